The van der Waals surface area contributed by atoms with E-state index in [2.05, 4.69) is 0 Å². The Balaban J connectivity index is 2.29. The molecule has 20 heavy (non-hydrogen) atoms. The van der Waals surface area contributed by atoms with E-state index in [0.29, 0.717) is 36.0 Å². The average molecular weight is 280 g/mol. The van der Waals surface area contributed by atoms with Gasteiger partial charge in [0.1, 0.15) is 0 Å². The Morgan fingerprint density at radius 3 is 2.55 bits per heavy atom. The molecule has 6 nitrogen and oxygen atoms in total. The van der Waals surface area contributed by atoms with Gasteiger partial charge in [0.05, 0.1) is 32.4 Å². The van der Waals surface area contributed by atoms with E-state index in [1.54, 1.807) is 24.1 Å². The number of benzene rings is 1. The number of carbonyl (C=O) groups excluding carboxylic acids is 1. The number of carbonyl (C=O) groups is 1. The van der Waals surface area contributed by atoms with Crippen LogP contribution in [0.2, 0.25) is 0 Å². The van der Waals surface area contributed by atoms with E-state index in [9.17, 15) is 4.79 Å². The molecule has 6 heteroatoms. The van der Waals surface area contributed by atoms with Crippen LogP contribution in [0.15, 0.2) is 12.1 Å². The topological polar surface area (TPSA) is 74.0 Å². The van der Waals surface area contributed by atoms with E-state index in [1.165, 1.54) is 14.2 Å². The SMILES string of the molecule is COc1cc(N)c(C(=O)N(C)C2CCOC2)cc1OC. The van der Waals surface area contributed by atoms with Crippen LogP contribution in [0.4, 0.5) is 5.69 Å². The molecule has 0 bridgehead atoms. The maximum absolute atomic E-state index is 12.5. The average Bonchev–Trinajstić information content (AvgIpc) is 2.99. The van der Waals surface area contributed by atoms with E-state index in [4.69, 9.17) is 19.9 Å². The molecule has 1 saturated heterocycles. The maximum atomic E-state index is 12.5. The third kappa shape index (κ3) is 2.65. The van der Waals surface area contributed by atoms with Crippen molar-refractivity contribution in [3.05, 3.63) is 17.7 Å². The predicted octanol–water partition coefficient (Wildman–Crippen LogP) is 1.15. The number of anilines is 1. The molecule has 1 fully saturated rings. The van der Waals surface area contributed by atoms with E-state index in [0.717, 1.165) is 6.42 Å². The number of hydrogen-bond acceptors (Lipinski definition) is 5. The number of nitrogens with two attached hydrogens (primary N) is 1. The highest BCUT2D eigenvalue weighted by Crippen LogP contribution is 2.32. The summed E-state index contributed by atoms with van der Waals surface area (Å²) in [7, 11) is 4.81. The third-order valence-electron chi connectivity index (χ3n) is 3.56. The van der Waals surface area contributed by atoms with Crippen LogP contribution in [0.5, 0.6) is 11.5 Å². The molecule has 0 spiro atoms. The Morgan fingerprint density at radius 2 is 2.00 bits per heavy atom. The fourth-order valence-corrected chi connectivity index (χ4v) is 2.26. The zero-order valence-electron chi connectivity index (χ0n) is 12.0. The minimum atomic E-state index is -0.140. The molecule has 1 unspecified atom stereocenters. The second kappa shape index (κ2) is 6.00. The third-order valence-corrected chi connectivity index (χ3v) is 3.56. The monoisotopic (exact) mass is 280 g/mol. The zero-order chi connectivity index (χ0) is 14.7. The highest BCUT2D eigenvalue weighted by molar-refractivity contribution is 6.00. The first-order valence-corrected chi connectivity index (χ1v) is 6.45. The molecule has 110 valence electrons. The largest absolute Gasteiger partial charge is 0.493 e. The van der Waals surface area contributed by atoms with E-state index in [-0.39, 0.29) is 11.9 Å². The fraction of sp³-hybridized carbons (Fsp3) is 0.500. The highest BCUT2D eigenvalue weighted by atomic mass is 16.5. The summed E-state index contributed by atoms with van der Waals surface area (Å²) in [5.41, 5.74) is 6.73. The van der Waals surface area contributed by atoms with Gasteiger partial charge in [-0.1, -0.05) is 0 Å². The molecule has 2 N–H and O–H groups in total. The summed E-state index contributed by atoms with van der Waals surface area (Å²) in [6.07, 6.45) is 0.843. The lowest BCUT2D eigenvalue weighted by Crippen LogP contribution is -2.37. The van der Waals surface area contributed by atoms with Gasteiger partial charge in [-0.15, -0.1) is 0 Å². The van der Waals surface area contributed by atoms with Crippen LogP contribution in [-0.2, 0) is 4.74 Å². The number of likely N-dealkylation sites (N-methyl/N-ethyl adjacent to an activating group) is 1. The van der Waals surface area contributed by atoms with Crippen molar-refractivity contribution in [2.75, 3.05) is 40.2 Å². The Bertz CT molecular complexity index is 498. The Hall–Kier alpha value is -1.95. The summed E-state index contributed by atoms with van der Waals surface area (Å²) in [5.74, 6) is 0.855. The summed E-state index contributed by atoms with van der Waals surface area (Å²) in [6, 6.07) is 3.31. The van der Waals surface area contributed by atoms with Gasteiger partial charge in [-0.2, -0.15) is 0 Å². The summed E-state index contributed by atoms with van der Waals surface area (Å²) in [6.45, 7) is 1.25. The van der Waals surface area contributed by atoms with Crippen LogP contribution in [0.1, 0.15) is 16.8 Å². The van der Waals surface area contributed by atoms with Gasteiger partial charge in [-0.3, -0.25) is 4.79 Å². The van der Waals surface area contributed by atoms with Gasteiger partial charge in [0.2, 0.25) is 0 Å². The van der Waals surface area contributed by atoms with E-state index >= 15 is 0 Å². The zero-order valence-corrected chi connectivity index (χ0v) is 12.0. The number of rotatable bonds is 4. The number of ether oxygens (including phenoxy) is 3. The lowest BCUT2D eigenvalue weighted by molar-refractivity contribution is 0.0712. The van der Waals surface area contributed by atoms with Gasteiger partial charge in [-0.25, -0.2) is 0 Å². The molecule has 1 atom stereocenters. The van der Waals surface area contributed by atoms with Gasteiger partial charge in [-0.05, 0) is 12.5 Å². The summed E-state index contributed by atoms with van der Waals surface area (Å²) in [4.78, 5) is 14.2. The highest BCUT2D eigenvalue weighted by Gasteiger charge is 2.26. The maximum Gasteiger partial charge on any atom is 0.256 e. The molecule has 0 saturated carbocycles. The molecule has 0 aromatic heterocycles. The van der Waals surface area contributed by atoms with Crippen molar-refractivity contribution >= 4 is 11.6 Å². The quantitative estimate of drug-likeness (QED) is 0.837. The molecule has 2 rings (SSSR count). The number of nitrogens with zero attached hydrogens (tertiary/aromatic N) is 1. The number of hydrogen-bond donors (Lipinski definition) is 1. The summed E-state index contributed by atoms with van der Waals surface area (Å²) >= 11 is 0. The second-order valence-electron chi connectivity index (χ2n) is 4.73. The molecule has 1 aromatic carbocycles. The van der Waals surface area contributed by atoms with Crippen molar-refractivity contribution in [1.82, 2.24) is 4.90 Å². The molecule has 1 aromatic rings. The minimum Gasteiger partial charge on any atom is -0.493 e. The Labute approximate surface area is 118 Å². The van der Waals surface area contributed by atoms with Crippen LogP contribution in [-0.4, -0.2) is 51.3 Å². The minimum absolute atomic E-state index is 0.0926. The predicted molar refractivity (Wildman–Crippen MR) is 75.3 cm³/mol. The first kappa shape index (κ1) is 14.5. The van der Waals surface area contributed by atoms with Crippen LogP contribution in [0, 0.1) is 0 Å². The van der Waals surface area contributed by atoms with Crippen molar-refractivity contribution in [3.63, 3.8) is 0 Å². The van der Waals surface area contributed by atoms with E-state index in [1.807, 2.05) is 0 Å². The summed E-state index contributed by atoms with van der Waals surface area (Å²) < 4.78 is 15.7. The number of methoxy groups -OCH3 is 2. The smallest absolute Gasteiger partial charge is 0.256 e. The molecule has 0 aliphatic carbocycles. The molecule has 1 amide bonds. The normalized spacial score (nSPS) is 17.9. The van der Waals surface area contributed by atoms with Crippen LogP contribution in [0.25, 0.3) is 0 Å². The number of amides is 1. The molecule has 1 heterocycles. The molecular weight excluding hydrogens is 260 g/mol. The molecule has 1 aliphatic rings. The van der Waals surface area contributed by atoms with Gasteiger partial charge in [0.15, 0.2) is 11.5 Å². The Kier molecular flexibility index (Phi) is 4.34. The standard InChI is InChI=1S/C14H20N2O4/c1-16(9-4-5-20-8-9)14(17)10-6-12(18-2)13(19-3)7-11(10)15/h6-7,9H,4-5,8,15H2,1-3H3. The fourth-order valence-electron chi connectivity index (χ4n) is 2.26. The van der Waals surface area contributed by atoms with Crippen LogP contribution in [0.3, 0.4) is 0 Å². The first-order chi connectivity index (χ1) is 9.58. The van der Waals surface area contributed by atoms with Crippen molar-refractivity contribution in [3.8, 4) is 11.5 Å². The molecule has 1 aliphatic heterocycles. The van der Waals surface area contributed by atoms with Gasteiger partial charge < -0.3 is 24.8 Å². The van der Waals surface area contributed by atoms with Gasteiger partial charge in [0.25, 0.3) is 5.91 Å². The Morgan fingerprint density at radius 1 is 1.35 bits per heavy atom. The van der Waals surface area contributed by atoms with Crippen molar-refractivity contribution < 1.29 is 19.0 Å². The van der Waals surface area contributed by atoms with Crippen molar-refractivity contribution in [1.29, 1.82) is 0 Å². The lowest BCUT2D eigenvalue weighted by atomic mass is 10.1. The van der Waals surface area contributed by atoms with Crippen molar-refractivity contribution in [2.45, 2.75) is 12.5 Å². The molecule has 0 radical (unpaired) electrons. The second-order valence-corrected chi connectivity index (χ2v) is 4.73. The van der Waals surface area contributed by atoms with Gasteiger partial charge >= 0.3 is 0 Å². The lowest BCUT2D eigenvalue weighted by Gasteiger charge is -2.24. The summed E-state index contributed by atoms with van der Waals surface area (Å²) in [5, 5.41) is 0. The van der Waals surface area contributed by atoms with Crippen LogP contribution >= 0.6 is 0 Å². The van der Waals surface area contributed by atoms with Gasteiger partial charge in [0, 0.05) is 25.4 Å². The van der Waals surface area contributed by atoms with Crippen LogP contribution < -0.4 is 15.2 Å². The number of nitrogen functional groups attached to an aromatic ring is 1. The van der Waals surface area contributed by atoms with Crippen molar-refractivity contribution in [2.24, 2.45) is 0 Å². The molecular formula is C14H20N2O4. The van der Waals surface area contributed by atoms with E-state index < -0.39 is 0 Å². The first-order valence-electron chi connectivity index (χ1n) is 6.45.